The minimum Gasteiger partial charge on any atom is -0.545 e. The van der Waals surface area contributed by atoms with E-state index in [4.69, 9.17) is 5.73 Å². The molecule has 180 valence electrons. The van der Waals surface area contributed by atoms with Crippen LogP contribution in [0.2, 0.25) is 0 Å². The third-order valence-corrected chi connectivity index (χ3v) is 6.19. The average Bonchev–Trinajstić information content (AvgIpc) is 3.19. The number of fused-ring (bicyclic) bond motifs is 1. The van der Waals surface area contributed by atoms with E-state index in [-0.39, 0.29) is 36.5 Å². The normalized spacial score (nSPS) is 10.8. The second kappa shape index (κ2) is 10.9. The SMILES string of the molecule is Cc1cc(=O)n(Cc2cccc(C(=O)[O-])c2)nc1-c1cccc(CCn2c(N)nc3ccccc32)c1.[Li+]. The largest absolute Gasteiger partial charge is 1.00 e. The summed E-state index contributed by atoms with van der Waals surface area (Å²) in [5.41, 5.74) is 11.9. The van der Waals surface area contributed by atoms with Gasteiger partial charge in [-0.15, -0.1) is 0 Å². The van der Waals surface area contributed by atoms with Crippen LogP contribution in [-0.2, 0) is 19.5 Å². The summed E-state index contributed by atoms with van der Waals surface area (Å²) in [7, 11) is 0. The molecule has 0 atom stereocenters. The van der Waals surface area contributed by atoms with Crippen molar-refractivity contribution in [3.63, 3.8) is 0 Å². The number of para-hydroxylation sites is 2. The molecule has 2 aromatic heterocycles. The van der Waals surface area contributed by atoms with Gasteiger partial charge in [-0.05, 0) is 59.9 Å². The first-order valence-corrected chi connectivity index (χ1v) is 11.6. The Morgan fingerprint density at radius 3 is 2.54 bits per heavy atom. The second-order valence-electron chi connectivity index (χ2n) is 8.72. The van der Waals surface area contributed by atoms with E-state index in [0.717, 1.165) is 34.1 Å². The number of nitrogens with two attached hydrogens (primary N) is 1. The Kier molecular flexibility index (Phi) is 7.63. The van der Waals surface area contributed by atoms with Crippen LogP contribution in [0.5, 0.6) is 0 Å². The summed E-state index contributed by atoms with van der Waals surface area (Å²) in [6.45, 7) is 2.69. The van der Waals surface area contributed by atoms with Crippen LogP contribution in [0, 0.1) is 6.92 Å². The van der Waals surface area contributed by atoms with Crippen LogP contribution >= 0.6 is 0 Å². The molecule has 0 spiro atoms. The van der Waals surface area contributed by atoms with Crippen LogP contribution in [-0.4, -0.2) is 25.3 Å². The van der Waals surface area contributed by atoms with Gasteiger partial charge in [0.1, 0.15) is 0 Å². The Morgan fingerprint density at radius 2 is 1.73 bits per heavy atom. The maximum Gasteiger partial charge on any atom is 1.00 e. The summed E-state index contributed by atoms with van der Waals surface area (Å²) in [6.07, 6.45) is 0.743. The minimum atomic E-state index is -1.26. The van der Waals surface area contributed by atoms with Crippen LogP contribution in [0.15, 0.2) is 83.7 Å². The molecule has 9 heteroatoms. The third kappa shape index (κ3) is 5.51. The summed E-state index contributed by atoms with van der Waals surface area (Å²) >= 11 is 0. The van der Waals surface area contributed by atoms with Crippen molar-refractivity contribution in [3.8, 4) is 11.3 Å². The zero-order valence-electron chi connectivity index (χ0n) is 20.7. The monoisotopic (exact) mass is 485 g/mol. The number of anilines is 1. The van der Waals surface area contributed by atoms with Gasteiger partial charge < -0.3 is 20.2 Å². The number of aromatic carboxylic acids is 1. The van der Waals surface area contributed by atoms with Crippen LogP contribution < -0.4 is 35.3 Å². The van der Waals surface area contributed by atoms with Gasteiger partial charge in [0.25, 0.3) is 5.56 Å². The molecule has 0 saturated heterocycles. The fourth-order valence-electron chi connectivity index (χ4n) is 4.39. The van der Waals surface area contributed by atoms with Gasteiger partial charge in [0.05, 0.1) is 29.2 Å². The quantitative estimate of drug-likeness (QED) is 0.319. The van der Waals surface area contributed by atoms with E-state index in [9.17, 15) is 14.7 Å². The number of carbonyl (C=O) groups is 1. The number of rotatable bonds is 7. The van der Waals surface area contributed by atoms with Gasteiger partial charge in [0.2, 0.25) is 5.95 Å². The number of nitrogens with zero attached hydrogens (tertiary/aromatic N) is 4. The molecule has 37 heavy (non-hydrogen) atoms. The Bertz CT molecular complexity index is 1660. The van der Waals surface area contributed by atoms with E-state index in [1.165, 1.54) is 16.8 Å². The summed E-state index contributed by atoms with van der Waals surface area (Å²) in [5, 5.41) is 15.8. The molecule has 5 aromatic rings. The molecule has 2 N–H and O–H groups in total. The van der Waals surface area contributed by atoms with E-state index >= 15 is 0 Å². The van der Waals surface area contributed by atoms with E-state index in [1.54, 1.807) is 18.2 Å². The van der Waals surface area contributed by atoms with Crippen molar-refractivity contribution in [3.05, 3.63) is 111 Å². The number of benzene rings is 3. The third-order valence-electron chi connectivity index (χ3n) is 6.19. The van der Waals surface area contributed by atoms with Crippen molar-refractivity contribution in [2.24, 2.45) is 0 Å². The average molecular weight is 485 g/mol. The number of carboxylic acid groups (broad SMARTS) is 1. The molecule has 0 radical (unpaired) electrons. The molecule has 0 amide bonds. The number of nitrogen functional groups attached to an aromatic ring is 1. The zero-order valence-corrected chi connectivity index (χ0v) is 20.7. The number of imidazole rings is 1. The van der Waals surface area contributed by atoms with Crippen LogP contribution in [0.3, 0.4) is 0 Å². The Morgan fingerprint density at radius 1 is 0.973 bits per heavy atom. The topological polar surface area (TPSA) is 119 Å². The summed E-state index contributed by atoms with van der Waals surface area (Å²) in [5.74, 6) is -0.774. The molecule has 0 aliphatic carbocycles. The van der Waals surface area contributed by atoms with Crippen molar-refractivity contribution in [2.45, 2.75) is 26.4 Å². The molecule has 0 aliphatic heterocycles. The van der Waals surface area contributed by atoms with Gasteiger partial charge >= 0.3 is 18.9 Å². The van der Waals surface area contributed by atoms with E-state index < -0.39 is 5.97 Å². The molecule has 0 saturated carbocycles. The number of hydrogen-bond acceptors (Lipinski definition) is 6. The molecule has 3 aromatic carbocycles. The zero-order chi connectivity index (χ0) is 25.2. The summed E-state index contributed by atoms with van der Waals surface area (Å²) in [4.78, 5) is 28.3. The number of hydrogen-bond donors (Lipinski definition) is 1. The van der Waals surface area contributed by atoms with Crippen molar-refractivity contribution in [1.29, 1.82) is 0 Å². The summed E-state index contributed by atoms with van der Waals surface area (Å²) < 4.78 is 3.36. The number of aryl methyl sites for hydroxylation is 3. The maximum atomic E-state index is 12.6. The van der Waals surface area contributed by atoms with E-state index in [2.05, 4.69) is 22.2 Å². The second-order valence-corrected chi connectivity index (χ2v) is 8.72. The van der Waals surface area contributed by atoms with Crippen LogP contribution in [0.1, 0.15) is 27.0 Å². The van der Waals surface area contributed by atoms with E-state index in [1.807, 2.05) is 47.9 Å². The first kappa shape index (κ1) is 26.0. The Hall–Kier alpha value is -4.12. The van der Waals surface area contributed by atoms with Gasteiger partial charge in [-0.3, -0.25) is 4.79 Å². The van der Waals surface area contributed by atoms with Gasteiger partial charge in [0.15, 0.2) is 0 Å². The molecule has 8 nitrogen and oxygen atoms in total. The van der Waals surface area contributed by atoms with Crippen LogP contribution in [0.4, 0.5) is 5.95 Å². The standard InChI is InChI=1S/C28H25N5O3.Li/c1-18-14-25(34)33(17-20-7-5-9-22(16-20)27(35)36)31-26(18)21-8-4-6-19(15-21)12-13-32-24-11-3-2-10-23(24)30-28(32)29;/h2-11,14-16H,12-13,17H2,1H3,(H2,29,30)(H,35,36);/q;+1/p-1. The first-order valence-electron chi connectivity index (χ1n) is 11.6. The molecular weight excluding hydrogens is 461 g/mol. The molecular formula is C28H24LiN5O3. The maximum absolute atomic E-state index is 12.6. The molecule has 0 fully saturated rings. The van der Waals surface area contributed by atoms with Gasteiger partial charge in [-0.1, -0.05) is 48.5 Å². The number of carbonyl (C=O) groups excluding carboxylic acids is 1. The van der Waals surface area contributed by atoms with Crippen LogP contribution in [0.25, 0.3) is 22.3 Å². The predicted octanol–water partition coefficient (Wildman–Crippen LogP) is -0.191. The van der Waals surface area contributed by atoms with Crippen molar-refractivity contribution >= 4 is 23.0 Å². The van der Waals surface area contributed by atoms with Gasteiger partial charge in [-0.2, -0.15) is 5.10 Å². The smallest absolute Gasteiger partial charge is 0.545 e. The molecule has 5 rings (SSSR count). The molecule has 0 bridgehead atoms. The molecule has 0 unspecified atom stereocenters. The van der Waals surface area contributed by atoms with E-state index in [0.29, 0.717) is 23.8 Å². The van der Waals surface area contributed by atoms with Gasteiger partial charge in [-0.25, -0.2) is 9.67 Å². The van der Waals surface area contributed by atoms with Crippen molar-refractivity contribution < 1.29 is 28.8 Å². The minimum absolute atomic E-state index is 0. The Balaban J connectivity index is 0.00000320. The first-order chi connectivity index (χ1) is 17.4. The molecule has 2 heterocycles. The number of carboxylic acids is 1. The predicted molar refractivity (Wildman–Crippen MR) is 136 cm³/mol. The van der Waals surface area contributed by atoms with Crippen molar-refractivity contribution in [2.75, 3.05) is 5.73 Å². The van der Waals surface area contributed by atoms with Gasteiger partial charge in [0, 0.05) is 18.2 Å². The summed E-state index contributed by atoms with van der Waals surface area (Å²) in [6, 6.07) is 23.8. The fraction of sp³-hybridized carbons (Fsp3) is 0.143. The Labute approximate surface area is 225 Å². The van der Waals surface area contributed by atoms with Crippen molar-refractivity contribution in [1.82, 2.24) is 19.3 Å². The number of aromatic nitrogens is 4. The molecule has 0 aliphatic rings. The fourth-order valence-corrected chi connectivity index (χ4v) is 4.39.